The van der Waals surface area contributed by atoms with E-state index in [-0.39, 0.29) is 16.7 Å². The van der Waals surface area contributed by atoms with E-state index in [0.29, 0.717) is 24.5 Å². The topological polar surface area (TPSA) is 79.0 Å². The number of methoxy groups -OCH3 is 1. The number of carbonyl (C=O) groups is 1. The Labute approximate surface area is 203 Å². The number of carbonyl (C=O) groups excluding carboxylic acids is 1. The highest BCUT2D eigenvalue weighted by Gasteiger charge is 2.30. The molecule has 1 N–H and O–H groups in total. The van der Waals surface area contributed by atoms with Crippen LogP contribution in [0, 0.1) is 12.8 Å². The van der Waals surface area contributed by atoms with Gasteiger partial charge in [-0.25, -0.2) is 8.42 Å². The molecule has 8 heteroatoms. The molecule has 2 saturated heterocycles. The van der Waals surface area contributed by atoms with Crippen molar-refractivity contribution < 1.29 is 17.9 Å². The fourth-order valence-electron chi connectivity index (χ4n) is 4.87. The van der Waals surface area contributed by atoms with Gasteiger partial charge in [-0.2, -0.15) is 4.31 Å². The van der Waals surface area contributed by atoms with E-state index >= 15 is 0 Å². The van der Waals surface area contributed by atoms with E-state index in [0.717, 1.165) is 51.7 Å². The van der Waals surface area contributed by atoms with Crippen molar-refractivity contribution in [2.45, 2.75) is 50.5 Å². The minimum atomic E-state index is -3.68. The van der Waals surface area contributed by atoms with Crippen LogP contribution in [0.2, 0.25) is 0 Å². The second-order valence-electron chi connectivity index (χ2n) is 9.36. The van der Waals surface area contributed by atoms with Gasteiger partial charge in [-0.05, 0) is 69.5 Å². The summed E-state index contributed by atoms with van der Waals surface area (Å²) < 4.78 is 33.3. The quantitative estimate of drug-likeness (QED) is 0.641. The van der Waals surface area contributed by atoms with Gasteiger partial charge in [-0.1, -0.05) is 36.2 Å². The molecule has 34 heavy (non-hydrogen) atoms. The van der Waals surface area contributed by atoms with Crippen LogP contribution in [-0.4, -0.2) is 56.8 Å². The molecule has 1 amide bonds. The molecule has 0 aromatic heterocycles. The number of benzene rings is 2. The van der Waals surface area contributed by atoms with Crippen molar-refractivity contribution in [2.75, 3.05) is 38.6 Å². The fourth-order valence-corrected chi connectivity index (χ4v) is 6.57. The summed E-state index contributed by atoms with van der Waals surface area (Å²) in [5, 5.41) is 2.95. The Balaban J connectivity index is 1.39. The van der Waals surface area contributed by atoms with Crippen LogP contribution >= 0.6 is 0 Å². The van der Waals surface area contributed by atoms with Crippen LogP contribution in [0.25, 0.3) is 0 Å². The molecule has 2 aromatic rings. The van der Waals surface area contributed by atoms with Gasteiger partial charge in [0.25, 0.3) is 0 Å². The Morgan fingerprint density at radius 2 is 1.76 bits per heavy atom. The monoisotopic (exact) mass is 485 g/mol. The number of rotatable bonds is 7. The van der Waals surface area contributed by atoms with Gasteiger partial charge >= 0.3 is 0 Å². The molecule has 0 radical (unpaired) electrons. The number of nitrogens with zero attached hydrogens (tertiary/aromatic N) is 2. The lowest BCUT2D eigenvalue weighted by Crippen LogP contribution is -2.38. The minimum Gasteiger partial charge on any atom is -0.495 e. The van der Waals surface area contributed by atoms with Crippen molar-refractivity contribution in [1.29, 1.82) is 0 Å². The summed E-state index contributed by atoms with van der Waals surface area (Å²) in [5.41, 5.74) is 3.04. The molecule has 2 heterocycles. The molecule has 0 aliphatic carbocycles. The molecule has 184 valence electrons. The van der Waals surface area contributed by atoms with E-state index in [9.17, 15) is 13.2 Å². The average Bonchev–Trinajstić information content (AvgIpc) is 2.85. The van der Waals surface area contributed by atoms with E-state index < -0.39 is 10.0 Å². The summed E-state index contributed by atoms with van der Waals surface area (Å²) >= 11 is 0. The molecule has 0 atom stereocenters. The van der Waals surface area contributed by atoms with Crippen LogP contribution < -0.4 is 10.1 Å². The summed E-state index contributed by atoms with van der Waals surface area (Å²) in [7, 11) is -2.21. The highest BCUT2D eigenvalue weighted by atomic mass is 32.2. The number of anilines is 1. The second kappa shape index (κ2) is 10.9. The molecule has 4 rings (SSSR count). The zero-order valence-corrected chi connectivity index (χ0v) is 20.9. The molecule has 0 saturated carbocycles. The third-order valence-corrected chi connectivity index (χ3v) is 8.73. The number of ether oxygens (including phenoxy) is 1. The summed E-state index contributed by atoms with van der Waals surface area (Å²) in [6, 6.07) is 13.4. The molecule has 0 spiro atoms. The Morgan fingerprint density at radius 1 is 1.03 bits per heavy atom. The maximum absolute atomic E-state index is 13.2. The number of amides is 1. The van der Waals surface area contributed by atoms with Gasteiger partial charge in [0.2, 0.25) is 15.9 Å². The van der Waals surface area contributed by atoms with Gasteiger partial charge in [-0.3, -0.25) is 9.69 Å². The molecule has 2 aliphatic rings. The lowest BCUT2D eigenvalue weighted by atomic mass is 9.95. The summed E-state index contributed by atoms with van der Waals surface area (Å²) in [5.74, 6) is 0.160. The number of hydrogen-bond donors (Lipinski definition) is 1. The van der Waals surface area contributed by atoms with Gasteiger partial charge in [0, 0.05) is 31.2 Å². The predicted molar refractivity (Wildman–Crippen MR) is 133 cm³/mol. The fraction of sp³-hybridized carbons (Fsp3) is 0.500. The van der Waals surface area contributed by atoms with Crippen LogP contribution in [0.1, 0.15) is 43.2 Å². The van der Waals surface area contributed by atoms with Crippen molar-refractivity contribution >= 4 is 21.6 Å². The molecule has 2 aliphatic heterocycles. The predicted octanol–water partition coefficient (Wildman–Crippen LogP) is 4.03. The summed E-state index contributed by atoms with van der Waals surface area (Å²) in [6.45, 7) is 5.76. The van der Waals surface area contributed by atoms with Crippen molar-refractivity contribution in [1.82, 2.24) is 9.21 Å². The van der Waals surface area contributed by atoms with E-state index in [1.807, 2.05) is 0 Å². The first kappa shape index (κ1) is 24.7. The van der Waals surface area contributed by atoms with Crippen molar-refractivity contribution in [3.05, 3.63) is 53.6 Å². The molecular weight excluding hydrogens is 450 g/mol. The highest BCUT2D eigenvalue weighted by Crippen LogP contribution is 2.31. The van der Waals surface area contributed by atoms with Gasteiger partial charge in [0.05, 0.1) is 7.11 Å². The van der Waals surface area contributed by atoms with Crippen molar-refractivity contribution in [2.24, 2.45) is 5.92 Å². The first-order chi connectivity index (χ1) is 16.4. The van der Waals surface area contributed by atoms with Crippen LogP contribution in [-0.2, 0) is 21.4 Å². The number of likely N-dealkylation sites (tertiary alicyclic amines) is 1. The van der Waals surface area contributed by atoms with Gasteiger partial charge in [0.15, 0.2) is 0 Å². The minimum absolute atomic E-state index is 0.0540. The molecule has 0 unspecified atom stereocenters. The van der Waals surface area contributed by atoms with Crippen LogP contribution in [0.3, 0.4) is 0 Å². The highest BCUT2D eigenvalue weighted by molar-refractivity contribution is 7.89. The normalized spacial score (nSPS) is 18.5. The first-order valence-corrected chi connectivity index (χ1v) is 13.6. The molecular formula is C26H35N3O4S. The smallest absolute Gasteiger partial charge is 0.246 e. The van der Waals surface area contributed by atoms with Gasteiger partial charge in [0.1, 0.15) is 10.6 Å². The van der Waals surface area contributed by atoms with Crippen molar-refractivity contribution in [3.63, 3.8) is 0 Å². The summed E-state index contributed by atoms with van der Waals surface area (Å²) in [4.78, 5) is 15.5. The van der Waals surface area contributed by atoms with Crippen LogP contribution in [0.5, 0.6) is 5.75 Å². The second-order valence-corrected chi connectivity index (χ2v) is 11.3. The van der Waals surface area contributed by atoms with E-state index in [1.165, 1.54) is 28.6 Å². The number of sulfonamides is 1. The molecule has 0 bridgehead atoms. The van der Waals surface area contributed by atoms with Gasteiger partial charge in [-0.15, -0.1) is 0 Å². The zero-order chi connectivity index (χ0) is 24.1. The van der Waals surface area contributed by atoms with E-state index in [2.05, 4.69) is 41.4 Å². The largest absolute Gasteiger partial charge is 0.495 e. The Morgan fingerprint density at radius 3 is 2.44 bits per heavy atom. The molecule has 7 nitrogen and oxygen atoms in total. The third-order valence-electron chi connectivity index (χ3n) is 6.81. The lowest BCUT2D eigenvalue weighted by molar-refractivity contribution is -0.121. The number of hydrogen-bond acceptors (Lipinski definition) is 5. The Hall–Kier alpha value is -2.42. The molecule has 2 aromatic carbocycles. The Kier molecular flexibility index (Phi) is 7.91. The van der Waals surface area contributed by atoms with Crippen LogP contribution in [0.4, 0.5) is 5.69 Å². The third kappa shape index (κ3) is 5.79. The van der Waals surface area contributed by atoms with Crippen molar-refractivity contribution in [3.8, 4) is 5.75 Å². The SMILES string of the molecule is COc1ccc(NC(=O)C2CCN(Cc3cccc(C)c3)CC2)cc1S(=O)(=O)N1CCCCC1. The first-order valence-electron chi connectivity index (χ1n) is 12.1. The number of nitrogens with one attached hydrogen (secondary N) is 1. The van der Waals surface area contributed by atoms with Crippen LogP contribution in [0.15, 0.2) is 47.4 Å². The number of aryl methyl sites for hydroxylation is 1. The molecule has 2 fully saturated rings. The van der Waals surface area contributed by atoms with E-state index in [4.69, 9.17) is 4.74 Å². The zero-order valence-electron chi connectivity index (χ0n) is 20.1. The Bertz CT molecular complexity index is 1100. The standard InChI is InChI=1S/C26H35N3O4S/c1-20-7-6-8-21(17-20)19-28-15-11-22(12-16-28)26(30)27-23-9-10-24(33-2)25(18-23)34(31,32)29-13-4-3-5-14-29/h6-10,17-18,22H,3-5,11-16,19H2,1-2H3,(H,27,30). The lowest BCUT2D eigenvalue weighted by Gasteiger charge is -2.31. The van der Waals surface area contributed by atoms with Gasteiger partial charge < -0.3 is 10.1 Å². The van der Waals surface area contributed by atoms with E-state index in [1.54, 1.807) is 12.1 Å². The summed E-state index contributed by atoms with van der Waals surface area (Å²) in [6.07, 6.45) is 4.34. The average molecular weight is 486 g/mol. The maximum Gasteiger partial charge on any atom is 0.246 e. The maximum atomic E-state index is 13.2. The number of piperidine rings is 2.